The van der Waals surface area contributed by atoms with E-state index in [-0.39, 0.29) is 0 Å². The molecule has 0 unspecified atom stereocenters. The van der Waals surface area contributed by atoms with Crippen molar-refractivity contribution < 1.29 is 0 Å². The van der Waals surface area contributed by atoms with Crippen molar-refractivity contribution in [2.45, 2.75) is 27.2 Å². The van der Waals surface area contributed by atoms with Gasteiger partial charge in [-0.1, -0.05) is 56.0 Å². The number of benzene rings is 2. The van der Waals surface area contributed by atoms with Gasteiger partial charge in [-0.15, -0.1) is 0 Å². The zero-order valence-electron chi connectivity index (χ0n) is 17.8. The van der Waals surface area contributed by atoms with Gasteiger partial charge in [-0.05, 0) is 66.8 Å². The maximum absolute atomic E-state index is 9.72. The Balaban J connectivity index is 2.03. The van der Waals surface area contributed by atoms with E-state index in [1.54, 1.807) is 6.08 Å². The molecule has 0 aliphatic heterocycles. The van der Waals surface area contributed by atoms with Crippen LogP contribution >= 0.6 is 0 Å². The minimum absolute atomic E-state index is 0.505. The average molecular weight is 394 g/mol. The van der Waals surface area contributed by atoms with Crippen molar-refractivity contribution in [3.8, 4) is 6.07 Å². The summed E-state index contributed by atoms with van der Waals surface area (Å²) in [4.78, 5) is 3.24. The summed E-state index contributed by atoms with van der Waals surface area (Å²) in [6, 6.07) is 16.8. The molecule has 1 heterocycles. The van der Waals surface area contributed by atoms with Gasteiger partial charge in [0, 0.05) is 22.8 Å². The highest BCUT2D eigenvalue weighted by molar-refractivity contribution is 5.88. The molecular formula is C27H27N3. The van der Waals surface area contributed by atoms with Crippen LogP contribution in [0.3, 0.4) is 0 Å². The summed E-state index contributed by atoms with van der Waals surface area (Å²) in [5, 5.41) is 14.4. The lowest BCUT2D eigenvalue weighted by molar-refractivity contribution is 1.13. The summed E-state index contributed by atoms with van der Waals surface area (Å²) in [5.41, 5.74) is 7.85. The molecule has 3 rings (SSSR count). The van der Waals surface area contributed by atoms with Crippen molar-refractivity contribution in [3.05, 3.63) is 107 Å². The van der Waals surface area contributed by atoms with Crippen molar-refractivity contribution >= 4 is 22.7 Å². The van der Waals surface area contributed by atoms with Crippen LogP contribution in [-0.4, -0.2) is 4.98 Å². The first kappa shape index (κ1) is 21.0. The number of H-pyrrole nitrogens is 1. The summed E-state index contributed by atoms with van der Waals surface area (Å²) in [6.45, 7) is 10.1. The molecule has 0 amide bonds. The number of nitriles is 1. The lowest BCUT2D eigenvalue weighted by atomic mass is 10.0. The van der Waals surface area contributed by atoms with Gasteiger partial charge in [0.1, 0.15) is 6.07 Å². The van der Waals surface area contributed by atoms with Gasteiger partial charge in [0.2, 0.25) is 0 Å². The fraction of sp³-hybridized carbons (Fsp3) is 0.148. The Hall–Kier alpha value is -3.77. The number of rotatable bonds is 7. The van der Waals surface area contributed by atoms with Gasteiger partial charge < -0.3 is 10.3 Å². The summed E-state index contributed by atoms with van der Waals surface area (Å²) in [7, 11) is 0. The number of aromatic amines is 1. The molecule has 0 fully saturated rings. The third-order valence-electron chi connectivity index (χ3n) is 5.34. The van der Waals surface area contributed by atoms with E-state index in [9.17, 15) is 5.26 Å². The highest BCUT2D eigenvalue weighted by atomic mass is 14.9. The predicted octanol–water partition coefficient (Wildman–Crippen LogP) is 7.07. The number of allylic oxidation sites excluding steroid dienone is 4. The summed E-state index contributed by atoms with van der Waals surface area (Å²) in [6.07, 6.45) is 10.7. The Morgan fingerprint density at radius 2 is 2.00 bits per heavy atom. The number of hydrogen-bond donors (Lipinski definition) is 2. The maximum Gasteiger partial charge on any atom is 0.101 e. The van der Waals surface area contributed by atoms with Crippen LogP contribution < -0.4 is 5.32 Å². The molecule has 0 aliphatic carbocycles. The number of anilines is 1. The monoisotopic (exact) mass is 393 g/mol. The Kier molecular flexibility index (Phi) is 6.72. The van der Waals surface area contributed by atoms with E-state index in [4.69, 9.17) is 0 Å². The van der Waals surface area contributed by atoms with Crippen LogP contribution in [-0.2, 0) is 6.42 Å². The minimum atomic E-state index is 0.505. The number of nitrogens with zero attached hydrogens (tertiary/aromatic N) is 1. The Morgan fingerprint density at radius 1 is 1.20 bits per heavy atom. The first-order chi connectivity index (χ1) is 14.6. The fourth-order valence-corrected chi connectivity index (χ4v) is 3.57. The van der Waals surface area contributed by atoms with E-state index < -0.39 is 0 Å². The first-order valence-electron chi connectivity index (χ1n) is 10.2. The van der Waals surface area contributed by atoms with Gasteiger partial charge in [0.15, 0.2) is 0 Å². The van der Waals surface area contributed by atoms with Crippen LogP contribution in [0.5, 0.6) is 0 Å². The van der Waals surface area contributed by atoms with Gasteiger partial charge in [0.05, 0.1) is 11.3 Å². The lowest BCUT2D eigenvalue weighted by Gasteiger charge is -2.16. The molecule has 0 aliphatic rings. The minimum Gasteiger partial charge on any atom is -0.361 e. The lowest BCUT2D eigenvalue weighted by Crippen LogP contribution is -2.06. The van der Waals surface area contributed by atoms with Gasteiger partial charge in [-0.25, -0.2) is 0 Å². The van der Waals surface area contributed by atoms with E-state index in [0.717, 1.165) is 39.8 Å². The summed E-state index contributed by atoms with van der Waals surface area (Å²) >= 11 is 0. The number of aryl methyl sites for hydroxylation is 2. The Morgan fingerprint density at radius 3 is 2.70 bits per heavy atom. The molecule has 0 atom stereocenters. The van der Waals surface area contributed by atoms with Crippen LogP contribution in [0, 0.1) is 18.3 Å². The summed E-state index contributed by atoms with van der Waals surface area (Å²) in [5.74, 6) is 0. The largest absolute Gasteiger partial charge is 0.361 e. The van der Waals surface area contributed by atoms with Crippen molar-refractivity contribution in [1.82, 2.24) is 4.98 Å². The molecule has 0 saturated carbocycles. The molecule has 1 aromatic heterocycles. The zero-order valence-corrected chi connectivity index (χ0v) is 17.8. The van der Waals surface area contributed by atoms with Gasteiger partial charge in [-0.2, -0.15) is 5.26 Å². The van der Waals surface area contributed by atoms with Gasteiger partial charge >= 0.3 is 0 Å². The molecule has 150 valence electrons. The first-order valence-corrected chi connectivity index (χ1v) is 10.2. The van der Waals surface area contributed by atoms with E-state index in [1.807, 2.05) is 37.4 Å². The molecule has 30 heavy (non-hydrogen) atoms. The van der Waals surface area contributed by atoms with Crippen LogP contribution in [0.25, 0.3) is 17.0 Å². The van der Waals surface area contributed by atoms with Crippen molar-refractivity contribution in [2.24, 2.45) is 0 Å². The highest BCUT2D eigenvalue weighted by Crippen LogP contribution is 2.29. The molecule has 3 nitrogen and oxygen atoms in total. The normalized spacial score (nSPS) is 12.7. The van der Waals surface area contributed by atoms with Crippen LogP contribution in [0.1, 0.15) is 30.5 Å². The molecule has 0 saturated heterocycles. The molecular weight excluding hydrogens is 366 g/mol. The second-order valence-corrected chi connectivity index (χ2v) is 7.04. The van der Waals surface area contributed by atoms with E-state index in [1.165, 1.54) is 11.1 Å². The quantitative estimate of drug-likeness (QED) is 0.333. The van der Waals surface area contributed by atoms with Crippen LogP contribution in [0.15, 0.2) is 90.3 Å². The smallest absolute Gasteiger partial charge is 0.101 e. The Bertz CT molecular complexity index is 1200. The summed E-state index contributed by atoms with van der Waals surface area (Å²) < 4.78 is 0. The number of nitrogens with one attached hydrogen (secondary N) is 2. The molecule has 3 aromatic rings. The predicted molar refractivity (Wildman–Crippen MR) is 128 cm³/mol. The third kappa shape index (κ3) is 4.29. The fourth-order valence-electron chi connectivity index (χ4n) is 3.57. The van der Waals surface area contributed by atoms with Gasteiger partial charge in [0.25, 0.3) is 0 Å². The van der Waals surface area contributed by atoms with E-state index >= 15 is 0 Å². The van der Waals surface area contributed by atoms with Crippen LogP contribution in [0.2, 0.25) is 0 Å². The van der Waals surface area contributed by atoms with Gasteiger partial charge in [-0.3, -0.25) is 0 Å². The molecule has 2 N–H and O–H groups in total. The number of fused-ring (bicyclic) bond motifs is 1. The molecule has 3 heteroatoms. The molecule has 0 bridgehead atoms. The Labute approximate surface area is 178 Å². The third-order valence-corrected chi connectivity index (χ3v) is 5.34. The van der Waals surface area contributed by atoms with E-state index in [2.05, 4.69) is 73.2 Å². The molecule has 0 spiro atoms. The number of aromatic nitrogens is 1. The van der Waals surface area contributed by atoms with Crippen molar-refractivity contribution in [1.29, 1.82) is 5.26 Å². The number of hydrogen-bond acceptors (Lipinski definition) is 2. The topological polar surface area (TPSA) is 51.6 Å². The molecule has 0 radical (unpaired) electrons. The standard InChI is InChI=1S/C27H27N3/c1-5-20-10-8-9-11-23(20)13-12-21(6-2)27(22(7-3)18-28)30-25-14-15-26-24(19(25)4)16-17-29-26/h6-17,29-30H,3,5H2,1-2,4H3/b13-12+,21-6-,27-22-. The van der Waals surface area contributed by atoms with Crippen molar-refractivity contribution in [3.63, 3.8) is 0 Å². The average Bonchev–Trinajstić information content (AvgIpc) is 3.26. The van der Waals surface area contributed by atoms with Crippen molar-refractivity contribution in [2.75, 3.05) is 5.32 Å². The zero-order chi connectivity index (χ0) is 21.5. The maximum atomic E-state index is 9.72. The second kappa shape index (κ2) is 9.62. The van der Waals surface area contributed by atoms with Crippen LogP contribution in [0.4, 0.5) is 5.69 Å². The highest BCUT2D eigenvalue weighted by Gasteiger charge is 2.12. The SMILES string of the molecule is C=C\C(C#N)=C(Nc1ccc2[nH]ccc2c1C)/C(=C\C)/C=C/c1ccccc1CC. The second-order valence-electron chi connectivity index (χ2n) is 7.04. The van der Waals surface area contributed by atoms with E-state index in [0.29, 0.717) is 5.57 Å². The molecule has 2 aromatic carbocycles.